The highest BCUT2D eigenvalue weighted by Crippen LogP contribution is 2.22. The van der Waals surface area contributed by atoms with Crippen LogP contribution in [-0.2, 0) is 0 Å². The molecule has 0 saturated heterocycles. The molecule has 0 aliphatic rings. The van der Waals surface area contributed by atoms with Crippen LogP contribution < -0.4 is 5.73 Å². The standard InChI is InChI=1S/C13H16FN3O.ClH/c1-7(2)11(15)13-16-12(17-18-13)9-5-4-8(3)10(14)6-9;/h4-7,11H,15H2,1-3H3;1H/t11-;/m0./s1. The monoisotopic (exact) mass is 285 g/mol. The Bertz CT molecular complexity index is 557. The molecular weight excluding hydrogens is 269 g/mol. The number of hydrogen-bond acceptors (Lipinski definition) is 4. The van der Waals surface area contributed by atoms with Crippen LogP contribution in [0.3, 0.4) is 0 Å². The van der Waals surface area contributed by atoms with E-state index < -0.39 is 0 Å². The summed E-state index contributed by atoms with van der Waals surface area (Å²) < 4.78 is 18.6. The van der Waals surface area contributed by atoms with Gasteiger partial charge in [-0.3, -0.25) is 0 Å². The van der Waals surface area contributed by atoms with Gasteiger partial charge in [0.2, 0.25) is 11.7 Å². The van der Waals surface area contributed by atoms with E-state index in [0.717, 1.165) is 0 Å². The van der Waals surface area contributed by atoms with Crippen LogP contribution in [0.1, 0.15) is 31.3 Å². The molecule has 0 bridgehead atoms. The summed E-state index contributed by atoms with van der Waals surface area (Å²) in [5.41, 5.74) is 7.08. The fourth-order valence-corrected chi connectivity index (χ4v) is 1.50. The van der Waals surface area contributed by atoms with Crippen LogP contribution in [0.15, 0.2) is 22.7 Å². The van der Waals surface area contributed by atoms with Gasteiger partial charge in [-0.15, -0.1) is 12.4 Å². The number of rotatable bonds is 3. The van der Waals surface area contributed by atoms with Gasteiger partial charge in [0.15, 0.2) is 0 Å². The van der Waals surface area contributed by atoms with Gasteiger partial charge in [0, 0.05) is 5.56 Å². The van der Waals surface area contributed by atoms with Gasteiger partial charge < -0.3 is 10.3 Å². The van der Waals surface area contributed by atoms with Crippen LogP contribution in [-0.4, -0.2) is 10.1 Å². The molecule has 1 heterocycles. The summed E-state index contributed by atoms with van der Waals surface area (Å²) >= 11 is 0. The smallest absolute Gasteiger partial charge is 0.244 e. The topological polar surface area (TPSA) is 64.9 Å². The minimum Gasteiger partial charge on any atom is -0.337 e. The van der Waals surface area contributed by atoms with Gasteiger partial charge in [0.1, 0.15) is 5.82 Å². The van der Waals surface area contributed by atoms with Crippen molar-refractivity contribution in [1.29, 1.82) is 0 Å². The van der Waals surface area contributed by atoms with Crippen molar-refractivity contribution >= 4 is 12.4 Å². The lowest BCUT2D eigenvalue weighted by Crippen LogP contribution is -2.16. The van der Waals surface area contributed by atoms with Crippen molar-refractivity contribution in [1.82, 2.24) is 10.1 Å². The third-order valence-electron chi connectivity index (χ3n) is 2.88. The first kappa shape index (κ1) is 15.6. The van der Waals surface area contributed by atoms with Crippen molar-refractivity contribution in [3.8, 4) is 11.4 Å². The molecule has 1 aromatic carbocycles. The Morgan fingerprint density at radius 2 is 2.00 bits per heavy atom. The van der Waals surface area contributed by atoms with E-state index in [1.54, 1.807) is 19.1 Å². The summed E-state index contributed by atoms with van der Waals surface area (Å²) in [6.45, 7) is 5.65. The predicted molar refractivity (Wildman–Crippen MR) is 73.4 cm³/mol. The first-order valence-corrected chi connectivity index (χ1v) is 5.84. The number of halogens is 2. The van der Waals surface area contributed by atoms with Gasteiger partial charge in [-0.1, -0.05) is 31.1 Å². The minimum absolute atomic E-state index is 0. The highest BCUT2D eigenvalue weighted by Gasteiger charge is 2.18. The second-order valence-corrected chi connectivity index (χ2v) is 4.69. The van der Waals surface area contributed by atoms with Gasteiger partial charge in [0.05, 0.1) is 6.04 Å². The van der Waals surface area contributed by atoms with Crippen LogP contribution in [0, 0.1) is 18.7 Å². The van der Waals surface area contributed by atoms with Crippen molar-refractivity contribution in [2.45, 2.75) is 26.8 Å². The van der Waals surface area contributed by atoms with Gasteiger partial charge in [-0.05, 0) is 24.5 Å². The summed E-state index contributed by atoms with van der Waals surface area (Å²) in [6.07, 6.45) is 0. The molecule has 1 aromatic heterocycles. The molecule has 2 N–H and O–H groups in total. The average Bonchev–Trinajstić information content (AvgIpc) is 2.81. The van der Waals surface area contributed by atoms with E-state index in [9.17, 15) is 4.39 Å². The number of aromatic nitrogens is 2. The zero-order valence-electron chi connectivity index (χ0n) is 11.1. The van der Waals surface area contributed by atoms with E-state index >= 15 is 0 Å². The zero-order valence-corrected chi connectivity index (χ0v) is 11.9. The second kappa shape index (κ2) is 6.12. The van der Waals surface area contributed by atoms with Crippen molar-refractivity contribution < 1.29 is 8.91 Å². The number of nitrogens with zero attached hydrogens (tertiary/aromatic N) is 2. The lowest BCUT2D eigenvalue weighted by atomic mass is 10.1. The van der Waals surface area contributed by atoms with Gasteiger partial charge in [-0.2, -0.15) is 4.98 Å². The summed E-state index contributed by atoms with van der Waals surface area (Å²) in [4.78, 5) is 4.20. The van der Waals surface area contributed by atoms with E-state index in [1.807, 2.05) is 13.8 Å². The van der Waals surface area contributed by atoms with Crippen LogP contribution in [0.25, 0.3) is 11.4 Å². The molecule has 2 rings (SSSR count). The molecule has 0 spiro atoms. The second-order valence-electron chi connectivity index (χ2n) is 4.69. The molecule has 2 aromatic rings. The molecule has 1 atom stereocenters. The maximum Gasteiger partial charge on any atom is 0.244 e. The van der Waals surface area contributed by atoms with Gasteiger partial charge in [-0.25, -0.2) is 4.39 Å². The normalized spacial score (nSPS) is 12.3. The van der Waals surface area contributed by atoms with Gasteiger partial charge >= 0.3 is 0 Å². The Morgan fingerprint density at radius 3 is 2.58 bits per heavy atom. The van der Waals surface area contributed by atoms with Crippen LogP contribution >= 0.6 is 12.4 Å². The Hall–Kier alpha value is -1.46. The molecular formula is C13H17ClFN3O. The highest BCUT2D eigenvalue weighted by atomic mass is 35.5. The highest BCUT2D eigenvalue weighted by molar-refractivity contribution is 5.85. The predicted octanol–water partition coefficient (Wildman–Crippen LogP) is 3.26. The number of aryl methyl sites for hydroxylation is 1. The maximum atomic E-state index is 13.4. The first-order chi connectivity index (χ1) is 8.49. The molecule has 19 heavy (non-hydrogen) atoms. The fraction of sp³-hybridized carbons (Fsp3) is 0.385. The first-order valence-electron chi connectivity index (χ1n) is 5.84. The zero-order chi connectivity index (χ0) is 13.3. The Labute approximate surface area is 117 Å². The van der Waals surface area contributed by atoms with Crippen LogP contribution in [0.5, 0.6) is 0 Å². The summed E-state index contributed by atoms with van der Waals surface area (Å²) in [5.74, 6) is 0.654. The minimum atomic E-state index is -0.304. The summed E-state index contributed by atoms with van der Waals surface area (Å²) in [6, 6.07) is 4.53. The molecule has 0 fully saturated rings. The fourth-order valence-electron chi connectivity index (χ4n) is 1.50. The molecule has 0 aliphatic carbocycles. The Morgan fingerprint density at radius 1 is 1.32 bits per heavy atom. The lowest BCUT2D eigenvalue weighted by Gasteiger charge is -2.09. The third kappa shape index (κ3) is 3.30. The largest absolute Gasteiger partial charge is 0.337 e. The molecule has 0 amide bonds. The van der Waals surface area contributed by atoms with Crippen molar-refractivity contribution in [3.05, 3.63) is 35.5 Å². The molecule has 104 valence electrons. The molecule has 6 heteroatoms. The molecule has 4 nitrogen and oxygen atoms in total. The number of hydrogen-bond donors (Lipinski definition) is 1. The van der Waals surface area contributed by atoms with E-state index in [0.29, 0.717) is 22.8 Å². The Balaban J connectivity index is 0.00000180. The van der Waals surface area contributed by atoms with Gasteiger partial charge in [0.25, 0.3) is 0 Å². The number of nitrogens with two attached hydrogens (primary N) is 1. The maximum absolute atomic E-state index is 13.4. The number of benzene rings is 1. The lowest BCUT2D eigenvalue weighted by molar-refractivity contribution is 0.325. The van der Waals surface area contributed by atoms with Crippen molar-refractivity contribution in [2.75, 3.05) is 0 Å². The third-order valence-corrected chi connectivity index (χ3v) is 2.88. The van der Waals surface area contributed by atoms with E-state index in [2.05, 4.69) is 10.1 Å². The van der Waals surface area contributed by atoms with Crippen LogP contribution in [0.2, 0.25) is 0 Å². The summed E-state index contributed by atoms with van der Waals surface area (Å²) in [7, 11) is 0. The quantitative estimate of drug-likeness (QED) is 0.940. The van der Waals surface area contributed by atoms with E-state index in [1.165, 1.54) is 6.07 Å². The SMILES string of the molecule is Cc1ccc(-c2noc([C@@H](N)C(C)C)n2)cc1F.Cl. The molecule has 0 radical (unpaired) electrons. The summed E-state index contributed by atoms with van der Waals surface area (Å²) in [5, 5.41) is 3.83. The van der Waals surface area contributed by atoms with Crippen LogP contribution in [0.4, 0.5) is 4.39 Å². The molecule has 0 unspecified atom stereocenters. The molecule has 0 saturated carbocycles. The van der Waals surface area contributed by atoms with E-state index in [-0.39, 0.29) is 30.2 Å². The average molecular weight is 286 g/mol. The molecule has 0 aliphatic heterocycles. The van der Waals surface area contributed by atoms with Crippen molar-refractivity contribution in [2.24, 2.45) is 11.7 Å². The van der Waals surface area contributed by atoms with E-state index in [4.69, 9.17) is 10.3 Å². The Kier molecular flexibility index (Phi) is 5.03. The van der Waals surface area contributed by atoms with Crippen molar-refractivity contribution in [3.63, 3.8) is 0 Å².